The van der Waals surface area contributed by atoms with Gasteiger partial charge >= 0.3 is 0 Å². The van der Waals surface area contributed by atoms with Gasteiger partial charge in [-0.1, -0.05) is 29.8 Å². The van der Waals surface area contributed by atoms with Crippen LogP contribution in [0.1, 0.15) is 17.2 Å². The number of rotatable bonds is 1. The Kier molecular flexibility index (Phi) is 2.62. The fourth-order valence-corrected chi connectivity index (χ4v) is 1.65. The van der Waals surface area contributed by atoms with Crippen LogP contribution in [0.15, 0.2) is 24.3 Å². The molecule has 1 atom stereocenters. The molecule has 0 aromatic heterocycles. The van der Waals surface area contributed by atoms with Crippen molar-refractivity contribution in [1.29, 1.82) is 0 Å². The highest BCUT2D eigenvalue weighted by Gasteiger charge is 2.14. The van der Waals surface area contributed by atoms with E-state index in [2.05, 4.69) is 36.5 Å². The van der Waals surface area contributed by atoms with Gasteiger partial charge in [-0.25, -0.2) is 0 Å². The number of nitrogens with one attached hydrogen (secondary N) is 1. The summed E-state index contributed by atoms with van der Waals surface area (Å²) in [7, 11) is 0. The summed E-state index contributed by atoms with van der Waals surface area (Å²) in [6.45, 7) is 4.84. The second-order valence-corrected chi connectivity index (χ2v) is 3.48. The van der Waals surface area contributed by atoms with E-state index in [1.807, 2.05) is 0 Å². The van der Waals surface area contributed by atoms with E-state index in [9.17, 15) is 0 Å². The van der Waals surface area contributed by atoms with Crippen molar-refractivity contribution in [3.05, 3.63) is 35.4 Å². The van der Waals surface area contributed by atoms with Crippen LogP contribution in [0.25, 0.3) is 0 Å². The van der Waals surface area contributed by atoms with Crippen molar-refractivity contribution in [2.45, 2.75) is 13.0 Å². The second kappa shape index (κ2) is 3.90. The molecule has 2 heteroatoms. The molecule has 1 aliphatic rings. The molecule has 1 aromatic carbocycles. The summed E-state index contributed by atoms with van der Waals surface area (Å²) in [5.74, 6) is 0. The highest BCUT2D eigenvalue weighted by atomic mass is 16.5. The van der Waals surface area contributed by atoms with Crippen molar-refractivity contribution in [2.24, 2.45) is 0 Å². The number of aryl methyl sites for hydroxylation is 1. The van der Waals surface area contributed by atoms with Gasteiger partial charge in [0.05, 0.1) is 12.7 Å². The first-order valence-corrected chi connectivity index (χ1v) is 4.75. The first-order chi connectivity index (χ1) is 6.36. The third-order valence-corrected chi connectivity index (χ3v) is 2.34. The average Bonchev–Trinajstić information content (AvgIpc) is 2.19. The summed E-state index contributed by atoms with van der Waals surface area (Å²) in [5, 5.41) is 3.33. The minimum atomic E-state index is 0.244. The fraction of sp³-hybridized carbons (Fsp3) is 0.455. The predicted molar refractivity (Wildman–Crippen MR) is 52.7 cm³/mol. The van der Waals surface area contributed by atoms with Crippen LogP contribution in [0.5, 0.6) is 0 Å². The molecule has 70 valence electrons. The molecular weight excluding hydrogens is 162 g/mol. The van der Waals surface area contributed by atoms with Crippen LogP contribution in [0.2, 0.25) is 0 Å². The quantitative estimate of drug-likeness (QED) is 0.704. The molecule has 0 aliphatic carbocycles. The van der Waals surface area contributed by atoms with Crippen molar-refractivity contribution in [1.82, 2.24) is 5.32 Å². The maximum atomic E-state index is 5.66. The molecule has 1 aliphatic heterocycles. The largest absolute Gasteiger partial charge is 0.371 e. The number of hydrogen-bond acceptors (Lipinski definition) is 2. The standard InChI is InChI=1S/C11H15NO/c1-9-3-2-4-10(7-9)11-8-12-5-6-13-11/h2-4,7,11-12H,5-6,8H2,1H3. The second-order valence-electron chi connectivity index (χ2n) is 3.48. The molecule has 1 fully saturated rings. The Labute approximate surface area is 78.9 Å². The Morgan fingerprint density at radius 2 is 2.38 bits per heavy atom. The zero-order chi connectivity index (χ0) is 9.10. The van der Waals surface area contributed by atoms with Crippen molar-refractivity contribution < 1.29 is 4.74 Å². The van der Waals surface area contributed by atoms with Crippen LogP contribution in [0, 0.1) is 6.92 Å². The summed E-state index contributed by atoms with van der Waals surface area (Å²) in [6.07, 6.45) is 0.244. The first-order valence-electron chi connectivity index (χ1n) is 4.75. The Bertz CT molecular complexity index is 279. The minimum Gasteiger partial charge on any atom is -0.371 e. The Morgan fingerprint density at radius 3 is 3.08 bits per heavy atom. The summed E-state index contributed by atoms with van der Waals surface area (Å²) >= 11 is 0. The zero-order valence-electron chi connectivity index (χ0n) is 7.92. The Balaban J connectivity index is 2.14. The van der Waals surface area contributed by atoms with E-state index in [1.54, 1.807) is 0 Å². The summed E-state index contributed by atoms with van der Waals surface area (Å²) in [6, 6.07) is 8.52. The van der Waals surface area contributed by atoms with Crippen molar-refractivity contribution in [2.75, 3.05) is 19.7 Å². The third-order valence-electron chi connectivity index (χ3n) is 2.34. The number of benzene rings is 1. The van der Waals surface area contributed by atoms with Gasteiger partial charge in [-0.3, -0.25) is 0 Å². The van der Waals surface area contributed by atoms with E-state index in [4.69, 9.17) is 4.74 Å². The van der Waals surface area contributed by atoms with Crippen molar-refractivity contribution >= 4 is 0 Å². The molecule has 2 rings (SSSR count). The Morgan fingerprint density at radius 1 is 1.46 bits per heavy atom. The number of ether oxygens (including phenoxy) is 1. The van der Waals surface area contributed by atoms with E-state index in [-0.39, 0.29) is 6.10 Å². The van der Waals surface area contributed by atoms with Gasteiger partial charge in [0.25, 0.3) is 0 Å². The lowest BCUT2D eigenvalue weighted by Crippen LogP contribution is -2.33. The smallest absolute Gasteiger partial charge is 0.0949 e. The predicted octanol–water partition coefficient (Wildman–Crippen LogP) is 1.66. The SMILES string of the molecule is Cc1cccc(C2CNCCO2)c1. The average molecular weight is 177 g/mol. The lowest BCUT2D eigenvalue weighted by Gasteiger charge is -2.24. The first kappa shape index (κ1) is 8.73. The van der Waals surface area contributed by atoms with E-state index < -0.39 is 0 Å². The molecule has 1 heterocycles. The molecule has 0 saturated carbocycles. The van der Waals surface area contributed by atoms with Crippen molar-refractivity contribution in [3.63, 3.8) is 0 Å². The van der Waals surface area contributed by atoms with Crippen LogP contribution >= 0.6 is 0 Å². The van der Waals surface area contributed by atoms with E-state index in [0.717, 1.165) is 19.7 Å². The van der Waals surface area contributed by atoms with Gasteiger partial charge in [-0.05, 0) is 12.5 Å². The third kappa shape index (κ3) is 2.08. The van der Waals surface area contributed by atoms with Crippen LogP contribution < -0.4 is 5.32 Å². The van der Waals surface area contributed by atoms with Gasteiger partial charge in [0.2, 0.25) is 0 Å². The number of hydrogen-bond donors (Lipinski definition) is 1. The highest BCUT2D eigenvalue weighted by Crippen LogP contribution is 2.19. The van der Waals surface area contributed by atoms with Gasteiger partial charge in [0.15, 0.2) is 0 Å². The van der Waals surface area contributed by atoms with E-state index in [0.29, 0.717) is 0 Å². The van der Waals surface area contributed by atoms with Crippen LogP contribution in [0.3, 0.4) is 0 Å². The molecule has 1 unspecified atom stereocenters. The molecule has 1 aromatic rings. The highest BCUT2D eigenvalue weighted by molar-refractivity contribution is 5.24. The fourth-order valence-electron chi connectivity index (χ4n) is 1.65. The zero-order valence-corrected chi connectivity index (χ0v) is 7.92. The Hall–Kier alpha value is -0.860. The molecule has 0 radical (unpaired) electrons. The van der Waals surface area contributed by atoms with E-state index >= 15 is 0 Å². The lowest BCUT2D eigenvalue weighted by atomic mass is 10.1. The van der Waals surface area contributed by atoms with Gasteiger partial charge in [0.1, 0.15) is 0 Å². The molecule has 0 amide bonds. The van der Waals surface area contributed by atoms with Crippen molar-refractivity contribution in [3.8, 4) is 0 Å². The molecular formula is C11H15NO. The normalized spacial score (nSPS) is 23.0. The maximum Gasteiger partial charge on any atom is 0.0949 e. The molecule has 1 saturated heterocycles. The van der Waals surface area contributed by atoms with Gasteiger partial charge < -0.3 is 10.1 Å². The summed E-state index contributed by atoms with van der Waals surface area (Å²) in [4.78, 5) is 0. The summed E-state index contributed by atoms with van der Waals surface area (Å²) < 4.78 is 5.66. The van der Waals surface area contributed by atoms with Crippen LogP contribution in [-0.2, 0) is 4.74 Å². The van der Waals surface area contributed by atoms with Crippen LogP contribution in [-0.4, -0.2) is 19.7 Å². The molecule has 2 nitrogen and oxygen atoms in total. The maximum absolute atomic E-state index is 5.66. The van der Waals surface area contributed by atoms with E-state index in [1.165, 1.54) is 11.1 Å². The summed E-state index contributed by atoms with van der Waals surface area (Å²) in [5.41, 5.74) is 2.58. The lowest BCUT2D eigenvalue weighted by molar-refractivity contribution is 0.0277. The van der Waals surface area contributed by atoms with Gasteiger partial charge in [0, 0.05) is 13.1 Å². The van der Waals surface area contributed by atoms with Crippen LogP contribution in [0.4, 0.5) is 0 Å². The van der Waals surface area contributed by atoms with Gasteiger partial charge in [-0.2, -0.15) is 0 Å². The monoisotopic (exact) mass is 177 g/mol. The molecule has 1 N–H and O–H groups in total. The number of morpholine rings is 1. The molecule has 0 bridgehead atoms. The minimum absolute atomic E-state index is 0.244. The van der Waals surface area contributed by atoms with Gasteiger partial charge in [-0.15, -0.1) is 0 Å². The topological polar surface area (TPSA) is 21.3 Å². The molecule has 0 spiro atoms. The molecule has 13 heavy (non-hydrogen) atoms.